The number of sulfonamides is 1. The molecule has 7 nitrogen and oxygen atoms in total. The van der Waals surface area contributed by atoms with E-state index in [-0.39, 0.29) is 6.54 Å². The first kappa shape index (κ1) is 30.2. The summed E-state index contributed by atoms with van der Waals surface area (Å²) in [5.41, 5.74) is 3.63. The van der Waals surface area contributed by atoms with Gasteiger partial charge in [0, 0.05) is 18.7 Å². The molecule has 0 saturated heterocycles. The van der Waals surface area contributed by atoms with E-state index in [1.54, 1.807) is 12.1 Å². The highest BCUT2D eigenvalue weighted by Gasteiger charge is 2.24. The number of carboxylic acids is 1. The monoisotopic (exact) mass is 560 g/mol. The fraction of sp³-hybridized carbons (Fsp3) is 0.517. The van der Waals surface area contributed by atoms with Gasteiger partial charge in [-0.1, -0.05) is 62.4 Å². The van der Waals surface area contributed by atoms with Crippen LogP contribution in [0.3, 0.4) is 0 Å². The Morgan fingerprint density at radius 3 is 2.45 bits per heavy atom. The van der Waals surface area contributed by atoms with Gasteiger partial charge in [-0.15, -0.1) is 0 Å². The average molecular weight is 561 g/mol. The van der Waals surface area contributed by atoms with E-state index in [0.29, 0.717) is 35.8 Å². The molecule has 1 aliphatic carbocycles. The van der Waals surface area contributed by atoms with Gasteiger partial charge in [0.25, 0.3) is 5.91 Å². The smallest absolute Gasteiger partial charge is 0.326 e. The van der Waals surface area contributed by atoms with Gasteiger partial charge in [-0.25, -0.2) is 13.2 Å². The number of carboxylic acid groups (broad SMARTS) is 1. The topological polar surface area (TPSA) is 104 Å². The number of thioether (sulfide) groups is 1. The first-order valence-corrected chi connectivity index (χ1v) is 16.5. The SMILES string of the molecule is CSCCC(NC(=O)c1ccc(CN(CCC2CCCCC2)S(C)(=O)=O)cc1-c1ccccc1C)C(=O)O. The number of aliphatic carboxylic acids is 1. The van der Waals surface area contributed by atoms with Crippen LogP contribution in [0.15, 0.2) is 42.5 Å². The van der Waals surface area contributed by atoms with E-state index in [9.17, 15) is 23.1 Å². The molecule has 9 heteroatoms. The standard InChI is InChI=1S/C29H40N2O5S2/c1-21-9-7-8-12-24(21)26-19-23(13-14-25(26)28(32)30-27(29(33)34)16-18-37-2)20-31(38(3,35)36)17-15-22-10-5-4-6-11-22/h7-9,12-14,19,22,27H,4-6,10-11,15-18,20H2,1-3H3,(H,30,32)(H,33,34). The molecule has 3 rings (SSSR count). The van der Waals surface area contributed by atoms with E-state index in [2.05, 4.69) is 5.32 Å². The number of carbonyl (C=O) groups excluding carboxylic acids is 1. The zero-order valence-corrected chi connectivity index (χ0v) is 24.2. The van der Waals surface area contributed by atoms with Crippen LogP contribution in [0.2, 0.25) is 0 Å². The van der Waals surface area contributed by atoms with Crippen molar-refractivity contribution in [2.75, 3.05) is 24.8 Å². The summed E-state index contributed by atoms with van der Waals surface area (Å²) in [6.07, 6.45) is 10.3. The minimum Gasteiger partial charge on any atom is -0.480 e. The Labute approximate surface area is 231 Å². The Bertz CT molecular complexity index is 1210. The molecule has 0 bridgehead atoms. The number of hydrogen-bond donors (Lipinski definition) is 2. The van der Waals surface area contributed by atoms with Crippen LogP contribution < -0.4 is 5.32 Å². The van der Waals surface area contributed by atoms with Gasteiger partial charge in [-0.05, 0) is 72.1 Å². The van der Waals surface area contributed by atoms with Crippen LogP contribution in [0.1, 0.15) is 66.4 Å². The quantitative estimate of drug-likeness (QED) is 0.343. The van der Waals surface area contributed by atoms with E-state index in [1.807, 2.05) is 43.5 Å². The molecule has 2 aromatic carbocycles. The number of carbonyl (C=O) groups is 2. The average Bonchev–Trinajstić information content (AvgIpc) is 2.88. The predicted octanol–water partition coefficient (Wildman–Crippen LogP) is 5.33. The van der Waals surface area contributed by atoms with Gasteiger partial charge < -0.3 is 10.4 Å². The summed E-state index contributed by atoms with van der Waals surface area (Å²) in [6.45, 7) is 2.65. The van der Waals surface area contributed by atoms with E-state index < -0.39 is 27.9 Å². The number of amides is 1. The van der Waals surface area contributed by atoms with Crippen LogP contribution in [-0.2, 0) is 21.4 Å². The summed E-state index contributed by atoms with van der Waals surface area (Å²) in [4.78, 5) is 25.1. The molecule has 0 aliphatic heterocycles. The van der Waals surface area contributed by atoms with Crippen molar-refractivity contribution >= 4 is 33.7 Å². The van der Waals surface area contributed by atoms with Gasteiger partial charge in [-0.3, -0.25) is 4.79 Å². The van der Waals surface area contributed by atoms with Crippen molar-refractivity contribution in [3.05, 3.63) is 59.2 Å². The second kappa shape index (κ2) is 14.1. The third-order valence-corrected chi connectivity index (χ3v) is 9.21. The van der Waals surface area contributed by atoms with Gasteiger partial charge >= 0.3 is 5.97 Å². The van der Waals surface area contributed by atoms with Crippen molar-refractivity contribution in [1.29, 1.82) is 0 Å². The third kappa shape index (κ3) is 8.58. The summed E-state index contributed by atoms with van der Waals surface area (Å²) in [7, 11) is -3.42. The van der Waals surface area contributed by atoms with Crippen LogP contribution in [0.4, 0.5) is 0 Å². The fourth-order valence-corrected chi connectivity index (χ4v) is 6.37. The van der Waals surface area contributed by atoms with Crippen LogP contribution in [0, 0.1) is 12.8 Å². The van der Waals surface area contributed by atoms with E-state index in [4.69, 9.17) is 0 Å². The molecule has 208 valence electrons. The first-order valence-electron chi connectivity index (χ1n) is 13.3. The van der Waals surface area contributed by atoms with Crippen LogP contribution in [0.25, 0.3) is 11.1 Å². The molecule has 1 amide bonds. The number of rotatable bonds is 13. The molecular weight excluding hydrogens is 520 g/mol. The normalized spacial score (nSPS) is 15.4. The molecule has 1 saturated carbocycles. The second-order valence-electron chi connectivity index (χ2n) is 10.2. The maximum atomic E-state index is 13.3. The van der Waals surface area contributed by atoms with E-state index >= 15 is 0 Å². The maximum Gasteiger partial charge on any atom is 0.326 e. The highest BCUT2D eigenvalue weighted by molar-refractivity contribution is 7.98. The minimum absolute atomic E-state index is 0.220. The number of aryl methyl sites for hydroxylation is 1. The lowest BCUT2D eigenvalue weighted by Gasteiger charge is -2.26. The summed E-state index contributed by atoms with van der Waals surface area (Å²) in [5.74, 6) is -0.345. The minimum atomic E-state index is -3.42. The largest absolute Gasteiger partial charge is 0.480 e. The second-order valence-corrected chi connectivity index (χ2v) is 13.2. The fourth-order valence-electron chi connectivity index (χ4n) is 5.08. The molecule has 0 radical (unpaired) electrons. The zero-order valence-electron chi connectivity index (χ0n) is 22.6. The Balaban J connectivity index is 1.91. The van der Waals surface area contributed by atoms with Crippen LogP contribution >= 0.6 is 11.8 Å². The molecule has 2 N–H and O–H groups in total. The maximum absolute atomic E-state index is 13.3. The first-order chi connectivity index (χ1) is 18.1. The zero-order chi connectivity index (χ0) is 27.7. The van der Waals surface area contributed by atoms with Gasteiger partial charge in [0.2, 0.25) is 10.0 Å². The number of nitrogens with one attached hydrogen (secondary N) is 1. The Kier molecular flexibility index (Phi) is 11.2. The van der Waals surface area contributed by atoms with E-state index in [1.165, 1.54) is 41.6 Å². The molecule has 2 aromatic rings. The predicted molar refractivity (Wildman–Crippen MR) is 155 cm³/mol. The van der Waals surface area contributed by atoms with Gasteiger partial charge in [0.05, 0.1) is 6.26 Å². The molecule has 38 heavy (non-hydrogen) atoms. The van der Waals surface area contributed by atoms with Crippen molar-refractivity contribution in [2.45, 2.75) is 64.5 Å². The number of benzene rings is 2. The molecule has 0 aromatic heterocycles. The summed E-state index contributed by atoms with van der Waals surface area (Å²) in [5, 5.41) is 12.3. The van der Waals surface area contributed by atoms with Crippen molar-refractivity contribution in [2.24, 2.45) is 5.92 Å². The van der Waals surface area contributed by atoms with Crippen molar-refractivity contribution in [1.82, 2.24) is 9.62 Å². The van der Waals surface area contributed by atoms with Gasteiger partial charge in [0.15, 0.2) is 0 Å². The summed E-state index contributed by atoms with van der Waals surface area (Å²) in [6, 6.07) is 12.0. The highest BCUT2D eigenvalue weighted by Crippen LogP contribution is 2.30. The third-order valence-electron chi connectivity index (χ3n) is 7.32. The lowest BCUT2D eigenvalue weighted by Crippen LogP contribution is -2.41. The number of hydrogen-bond acceptors (Lipinski definition) is 5. The Hall–Kier alpha value is -2.36. The van der Waals surface area contributed by atoms with Gasteiger partial charge in [-0.2, -0.15) is 16.1 Å². The van der Waals surface area contributed by atoms with E-state index in [0.717, 1.165) is 36.0 Å². The molecule has 0 heterocycles. The molecule has 1 unspecified atom stereocenters. The lowest BCUT2D eigenvalue weighted by molar-refractivity contribution is -0.139. The lowest BCUT2D eigenvalue weighted by atomic mass is 9.87. The Morgan fingerprint density at radius 2 is 1.82 bits per heavy atom. The van der Waals surface area contributed by atoms with Crippen LogP contribution in [-0.4, -0.2) is 60.6 Å². The molecule has 0 spiro atoms. The van der Waals surface area contributed by atoms with Crippen molar-refractivity contribution in [3.63, 3.8) is 0 Å². The Morgan fingerprint density at radius 1 is 1.11 bits per heavy atom. The summed E-state index contributed by atoms with van der Waals surface area (Å²) >= 11 is 1.53. The molecule has 1 atom stereocenters. The van der Waals surface area contributed by atoms with Crippen molar-refractivity contribution in [3.8, 4) is 11.1 Å². The van der Waals surface area contributed by atoms with Crippen molar-refractivity contribution < 1.29 is 23.1 Å². The summed E-state index contributed by atoms with van der Waals surface area (Å²) < 4.78 is 26.9. The molecule has 1 aliphatic rings. The number of nitrogens with zero attached hydrogens (tertiary/aromatic N) is 1. The van der Waals surface area contributed by atoms with Crippen LogP contribution in [0.5, 0.6) is 0 Å². The van der Waals surface area contributed by atoms with Gasteiger partial charge in [0.1, 0.15) is 6.04 Å². The highest BCUT2D eigenvalue weighted by atomic mass is 32.2. The molecule has 1 fully saturated rings. The molecular formula is C29H40N2O5S2.